The van der Waals surface area contributed by atoms with Crippen molar-refractivity contribution in [1.82, 2.24) is 0 Å². The van der Waals surface area contributed by atoms with Crippen LogP contribution in [0.2, 0.25) is 0 Å². The molecule has 0 aliphatic heterocycles. The fraction of sp³-hybridized carbons (Fsp3) is 0.778. The zero-order valence-electron chi connectivity index (χ0n) is 10.5. The molecular formula is C9F16. The lowest BCUT2D eigenvalue weighted by Gasteiger charge is -2.44. The molecule has 1 rings (SSSR count). The van der Waals surface area contributed by atoms with E-state index in [1.807, 2.05) is 0 Å². The molecule has 0 aromatic heterocycles. The summed E-state index contributed by atoms with van der Waals surface area (Å²) in [5, 5.41) is 0. The fourth-order valence-corrected chi connectivity index (χ4v) is 1.65. The molecule has 0 saturated carbocycles. The first kappa shape index (κ1) is 21.7. The number of alkyl halides is 15. The smallest absolute Gasteiger partial charge is 0.204 e. The average Bonchev–Trinajstić information content (AvgIpc) is 2.34. The van der Waals surface area contributed by atoms with Crippen LogP contribution in [-0.2, 0) is 0 Å². The van der Waals surface area contributed by atoms with E-state index in [9.17, 15) is 70.2 Å². The van der Waals surface area contributed by atoms with Gasteiger partial charge in [0.05, 0.1) is 0 Å². The molecule has 16 heteroatoms. The van der Waals surface area contributed by atoms with Gasteiger partial charge in [0.15, 0.2) is 5.83 Å². The molecule has 0 aromatic carbocycles. The molecule has 0 saturated heterocycles. The summed E-state index contributed by atoms with van der Waals surface area (Å²) in [5.41, 5.74) is -5.09. The van der Waals surface area contributed by atoms with Crippen molar-refractivity contribution in [2.24, 2.45) is 0 Å². The quantitative estimate of drug-likeness (QED) is 0.519. The van der Waals surface area contributed by atoms with E-state index >= 15 is 0 Å². The van der Waals surface area contributed by atoms with Gasteiger partial charge in [-0.25, -0.2) is 4.39 Å². The first-order valence-electron chi connectivity index (χ1n) is 5.27. The van der Waals surface area contributed by atoms with Gasteiger partial charge in [-0.3, -0.25) is 0 Å². The third-order valence-electron chi connectivity index (χ3n) is 3.06. The number of allylic oxidation sites excluding steroid dienone is 2. The molecule has 0 N–H and O–H groups in total. The van der Waals surface area contributed by atoms with Crippen LogP contribution in [0.5, 0.6) is 0 Å². The fourth-order valence-electron chi connectivity index (χ4n) is 1.65. The molecule has 1 aliphatic rings. The summed E-state index contributed by atoms with van der Waals surface area (Å²) >= 11 is 0. The molecule has 0 spiro atoms. The maximum absolute atomic E-state index is 13.1. The third-order valence-corrected chi connectivity index (χ3v) is 3.06. The molecule has 0 amide bonds. The predicted octanol–water partition coefficient (Wildman–Crippen LogP) is 5.60. The molecule has 0 unspecified atom stereocenters. The molecule has 1 aliphatic carbocycles. The third kappa shape index (κ3) is 2.23. The van der Waals surface area contributed by atoms with Crippen molar-refractivity contribution in [3.63, 3.8) is 0 Å². The Morgan fingerprint density at radius 2 is 0.880 bits per heavy atom. The van der Waals surface area contributed by atoms with Gasteiger partial charge in [0, 0.05) is 0 Å². The van der Waals surface area contributed by atoms with Crippen molar-refractivity contribution >= 4 is 0 Å². The number of halogens is 16. The lowest BCUT2D eigenvalue weighted by molar-refractivity contribution is -0.385. The molecule has 0 aromatic rings. The summed E-state index contributed by atoms with van der Waals surface area (Å²) in [5.74, 6) is -50.3. The van der Waals surface area contributed by atoms with E-state index in [1.165, 1.54) is 0 Å². The van der Waals surface area contributed by atoms with Crippen molar-refractivity contribution in [1.29, 1.82) is 0 Å². The van der Waals surface area contributed by atoms with Crippen LogP contribution in [0.4, 0.5) is 70.2 Å². The normalized spacial score (nSPS) is 25.9. The minimum absolute atomic E-state index is 4.93. The molecule has 25 heavy (non-hydrogen) atoms. The van der Waals surface area contributed by atoms with Crippen molar-refractivity contribution in [3.8, 4) is 0 Å². The monoisotopic (exact) mass is 412 g/mol. The Bertz CT molecular complexity index is 589. The van der Waals surface area contributed by atoms with Gasteiger partial charge < -0.3 is 0 Å². The highest BCUT2D eigenvalue weighted by atomic mass is 19.4. The van der Waals surface area contributed by atoms with Gasteiger partial charge in [0.2, 0.25) is 0 Å². The van der Waals surface area contributed by atoms with E-state index in [2.05, 4.69) is 0 Å². The highest BCUT2D eigenvalue weighted by Gasteiger charge is 2.91. The van der Waals surface area contributed by atoms with Crippen molar-refractivity contribution in [2.45, 2.75) is 41.7 Å². The Hall–Kier alpha value is -1.38. The maximum atomic E-state index is 13.1. The molecule has 0 bridgehead atoms. The summed E-state index contributed by atoms with van der Waals surface area (Å²) in [6.45, 7) is 0. The van der Waals surface area contributed by atoms with Crippen LogP contribution >= 0.6 is 0 Å². The van der Waals surface area contributed by atoms with E-state index in [-0.39, 0.29) is 0 Å². The van der Waals surface area contributed by atoms with E-state index in [0.29, 0.717) is 0 Å². The van der Waals surface area contributed by atoms with Crippen molar-refractivity contribution in [2.75, 3.05) is 0 Å². The topological polar surface area (TPSA) is 0 Å². The second-order valence-corrected chi connectivity index (χ2v) is 4.63. The Morgan fingerprint density at radius 3 is 1.20 bits per heavy atom. The molecule has 148 valence electrons. The Labute approximate surface area is 125 Å². The Kier molecular flexibility index (Phi) is 4.22. The van der Waals surface area contributed by atoms with Crippen LogP contribution in [0, 0.1) is 0 Å². The average molecular weight is 412 g/mol. The molecule has 0 atom stereocenters. The van der Waals surface area contributed by atoms with Crippen molar-refractivity contribution < 1.29 is 70.2 Å². The Balaban J connectivity index is 3.96. The summed E-state index contributed by atoms with van der Waals surface area (Å²) in [6, 6.07) is 0. The second kappa shape index (κ2) is 4.86. The summed E-state index contributed by atoms with van der Waals surface area (Å²) in [4.78, 5) is 0. The highest BCUT2D eigenvalue weighted by molar-refractivity contribution is 5.41. The molecule has 0 nitrogen and oxygen atoms in total. The van der Waals surface area contributed by atoms with Gasteiger partial charge in [-0.05, 0) is 0 Å². The van der Waals surface area contributed by atoms with Crippen LogP contribution in [-0.4, -0.2) is 41.7 Å². The lowest BCUT2D eigenvalue weighted by atomic mass is 9.80. The first-order valence-corrected chi connectivity index (χ1v) is 5.27. The van der Waals surface area contributed by atoms with Gasteiger partial charge in [-0.15, -0.1) is 0 Å². The number of hydrogen-bond acceptors (Lipinski definition) is 0. The van der Waals surface area contributed by atoms with Crippen LogP contribution in [0.25, 0.3) is 0 Å². The van der Waals surface area contributed by atoms with Gasteiger partial charge in [-0.2, -0.15) is 65.9 Å². The van der Waals surface area contributed by atoms with Crippen LogP contribution < -0.4 is 0 Å². The van der Waals surface area contributed by atoms with E-state index in [4.69, 9.17) is 0 Å². The summed E-state index contributed by atoms with van der Waals surface area (Å²) in [7, 11) is 0. The zero-order valence-corrected chi connectivity index (χ0v) is 10.5. The molecule has 0 radical (unpaired) electrons. The molecular weight excluding hydrogens is 412 g/mol. The summed E-state index contributed by atoms with van der Waals surface area (Å²) in [6.07, 6.45) is -7.52. The standard InChI is InChI=1S/C9F16/c10-2-1(4(13,14)8(21,22)9(23,24)25)3(11,12)6(17,18)7(19,20)5(2,15)16. The van der Waals surface area contributed by atoms with Gasteiger partial charge >= 0.3 is 41.7 Å². The van der Waals surface area contributed by atoms with Crippen molar-refractivity contribution in [3.05, 3.63) is 11.4 Å². The second-order valence-electron chi connectivity index (χ2n) is 4.63. The SMILES string of the molecule is FC1=C(C(F)(F)C(F)(F)C(F)(F)F)C(F)(F)C(F)(F)C(F)(F)C1(F)F. The minimum atomic E-state index is -7.78. The van der Waals surface area contributed by atoms with E-state index < -0.39 is 53.1 Å². The minimum Gasteiger partial charge on any atom is -0.204 e. The zero-order chi connectivity index (χ0) is 20.7. The molecule has 0 fully saturated rings. The number of rotatable bonds is 2. The lowest BCUT2D eigenvalue weighted by Crippen LogP contribution is -2.70. The van der Waals surface area contributed by atoms with Gasteiger partial charge in [0.1, 0.15) is 5.57 Å². The van der Waals surface area contributed by atoms with Gasteiger partial charge in [0.25, 0.3) is 0 Å². The largest absolute Gasteiger partial charge is 0.460 e. The molecule has 0 heterocycles. The highest BCUT2D eigenvalue weighted by Crippen LogP contribution is 2.66. The van der Waals surface area contributed by atoms with E-state index in [1.54, 1.807) is 0 Å². The van der Waals surface area contributed by atoms with Crippen LogP contribution in [0.15, 0.2) is 11.4 Å². The first-order chi connectivity index (χ1) is 10.5. The Morgan fingerprint density at radius 1 is 0.560 bits per heavy atom. The number of hydrogen-bond donors (Lipinski definition) is 0. The maximum Gasteiger partial charge on any atom is 0.460 e. The van der Waals surface area contributed by atoms with Crippen LogP contribution in [0.1, 0.15) is 0 Å². The van der Waals surface area contributed by atoms with Gasteiger partial charge in [-0.1, -0.05) is 0 Å². The predicted molar refractivity (Wildman–Crippen MR) is 43.9 cm³/mol. The van der Waals surface area contributed by atoms with E-state index in [0.717, 1.165) is 0 Å². The van der Waals surface area contributed by atoms with Crippen LogP contribution in [0.3, 0.4) is 0 Å². The summed E-state index contributed by atoms with van der Waals surface area (Å²) < 4.78 is 203.